The normalized spacial score (nSPS) is 12.6. The molecule has 0 aliphatic heterocycles. The highest BCUT2D eigenvalue weighted by Crippen LogP contribution is 2.37. The molecular formula is C22H26ClNOS2. The van der Waals surface area contributed by atoms with Gasteiger partial charge in [0.05, 0.1) is 6.61 Å². The number of benzene rings is 2. The number of hydrogen-bond donors (Lipinski definition) is 1. The highest BCUT2D eigenvalue weighted by molar-refractivity contribution is 7.98. The van der Waals surface area contributed by atoms with Crippen LogP contribution in [0, 0.1) is 6.92 Å². The van der Waals surface area contributed by atoms with Gasteiger partial charge in [-0.2, -0.15) is 11.8 Å². The number of fused-ring (bicyclic) bond motifs is 1. The summed E-state index contributed by atoms with van der Waals surface area (Å²) in [4.78, 5) is 3.55. The zero-order valence-corrected chi connectivity index (χ0v) is 18.4. The minimum atomic E-state index is 0.275. The first-order valence-electron chi connectivity index (χ1n) is 9.24. The van der Waals surface area contributed by atoms with E-state index in [1.165, 1.54) is 45.2 Å². The Balaban J connectivity index is 2.03. The first kappa shape index (κ1) is 20.7. The second-order valence-corrected chi connectivity index (χ2v) is 8.83. The van der Waals surface area contributed by atoms with Crippen LogP contribution in [0.5, 0.6) is 0 Å². The minimum absolute atomic E-state index is 0.275. The van der Waals surface area contributed by atoms with E-state index in [0.29, 0.717) is 6.61 Å². The van der Waals surface area contributed by atoms with Crippen molar-refractivity contribution in [3.05, 3.63) is 69.9 Å². The number of aromatic nitrogens is 1. The van der Waals surface area contributed by atoms with Crippen molar-refractivity contribution >= 4 is 46.3 Å². The van der Waals surface area contributed by atoms with E-state index in [1.54, 1.807) is 0 Å². The van der Waals surface area contributed by atoms with Gasteiger partial charge in [0, 0.05) is 40.0 Å². The molecule has 0 fully saturated rings. The zero-order valence-electron chi connectivity index (χ0n) is 16.0. The van der Waals surface area contributed by atoms with Gasteiger partial charge in [-0.25, -0.2) is 0 Å². The molecule has 0 saturated carbocycles. The summed E-state index contributed by atoms with van der Waals surface area (Å²) in [5.41, 5.74) is 6.51. The van der Waals surface area contributed by atoms with Gasteiger partial charge in [0.2, 0.25) is 0 Å². The maximum absolute atomic E-state index is 6.20. The van der Waals surface area contributed by atoms with Gasteiger partial charge in [0.15, 0.2) is 0 Å². The first-order valence-corrected chi connectivity index (χ1v) is 11.9. The average Bonchev–Trinajstić information content (AvgIpc) is 3.09. The lowest BCUT2D eigenvalue weighted by Crippen LogP contribution is -2.06. The fourth-order valence-corrected chi connectivity index (χ4v) is 4.77. The summed E-state index contributed by atoms with van der Waals surface area (Å²) in [7, 11) is 0. The van der Waals surface area contributed by atoms with Crippen LogP contribution in [0.2, 0.25) is 5.02 Å². The molecule has 1 aromatic heterocycles. The van der Waals surface area contributed by atoms with E-state index in [2.05, 4.69) is 55.4 Å². The Bertz CT molecular complexity index is 893. The Kier molecular flexibility index (Phi) is 7.59. The van der Waals surface area contributed by atoms with Gasteiger partial charge in [-0.3, -0.25) is 0 Å². The van der Waals surface area contributed by atoms with Gasteiger partial charge in [0.25, 0.3) is 0 Å². The molecule has 0 amide bonds. The third-order valence-electron chi connectivity index (χ3n) is 4.89. The topological polar surface area (TPSA) is 25.0 Å². The molecule has 5 heteroatoms. The van der Waals surface area contributed by atoms with Crippen molar-refractivity contribution < 1.29 is 4.18 Å². The Morgan fingerprint density at radius 2 is 2.04 bits per heavy atom. The van der Waals surface area contributed by atoms with Gasteiger partial charge in [-0.05, 0) is 65.5 Å². The molecule has 0 aliphatic carbocycles. The number of aromatic amines is 1. The van der Waals surface area contributed by atoms with Crippen LogP contribution in [0.25, 0.3) is 10.9 Å². The maximum Gasteiger partial charge on any atom is 0.0622 e. The van der Waals surface area contributed by atoms with Crippen LogP contribution < -0.4 is 0 Å². The minimum Gasteiger partial charge on any atom is -0.361 e. The number of nitrogens with one attached hydrogen (secondary N) is 1. The van der Waals surface area contributed by atoms with Gasteiger partial charge in [-0.1, -0.05) is 42.8 Å². The third-order valence-corrected chi connectivity index (χ3v) is 6.45. The average molecular weight is 420 g/mol. The highest BCUT2D eigenvalue weighted by atomic mass is 35.5. The van der Waals surface area contributed by atoms with E-state index >= 15 is 0 Å². The standard InChI is InChI=1S/C22H26ClNOS2/c1-4-27-14-16-6-5-7-20-21(13-24-22(16)20)19(10-11-25-26-3)18-9-8-17(23)12-15(18)2/h5-9,12-13,19,24H,4,10-11,14H2,1-3H3. The zero-order chi connectivity index (χ0) is 19.2. The van der Waals surface area contributed by atoms with Crippen LogP contribution in [-0.2, 0) is 9.94 Å². The van der Waals surface area contributed by atoms with Crippen molar-refractivity contribution in [1.82, 2.24) is 4.98 Å². The molecule has 3 rings (SSSR count). The summed E-state index contributed by atoms with van der Waals surface area (Å²) in [5, 5.41) is 2.10. The number of aryl methyl sites for hydroxylation is 1. The molecule has 0 bridgehead atoms. The van der Waals surface area contributed by atoms with E-state index in [1.807, 2.05) is 24.1 Å². The van der Waals surface area contributed by atoms with Crippen LogP contribution in [0.15, 0.2) is 42.6 Å². The van der Waals surface area contributed by atoms with E-state index in [4.69, 9.17) is 15.8 Å². The molecule has 1 unspecified atom stereocenters. The smallest absolute Gasteiger partial charge is 0.0622 e. The lowest BCUT2D eigenvalue weighted by Gasteiger charge is -2.19. The maximum atomic E-state index is 6.20. The molecule has 1 atom stereocenters. The molecule has 0 spiro atoms. The summed E-state index contributed by atoms with van der Waals surface area (Å²) in [6.45, 7) is 5.06. The molecule has 0 radical (unpaired) electrons. The van der Waals surface area contributed by atoms with Gasteiger partial charge < -0.3 is 9.17 Å². The number of halogens is 1. The lowest BCUT2D eigenvalue weighted by molar-refractivity contribution is 0.357. The second-order valence-electron chi connectivity index (χ2n) is 6.55. The molecule has 0 saturated heterocycles. The van der Waals surface area contributed by atoms with E-state index < -0.39 is 0 Å². The van der Waals surface area contributed by atoms with E-state index in [9.17, 15) is 0 Å². The van der Waals surface area contributed by atoms with E-state index in [0.717, 1.165) is 22.9 Å². The van der Waals surface area contributed by atoms with Crippen LogP contribution in [-0.4, -0.2) is 23.6 Å². The molecule has 0 aliphatic rings. The van der Waals surface area contributed by atoms with Crippen LogP contribution >= 0.6 is 35.4 Å². The quantitative estimate of drug-likeness (QED) is 0.293. The molecular weight excluding hydrogens is 394 g/mol. The second kappa shape index (κ2) is 9.92. The van der Waals surface area contributed by atoms with Crippen molar-refractivity contribution in [2.24, 2.45) is 0 Å². The Morgan fingerprint density at radius 1 is 1.19 bits per heavy atom. The van der Waals surface area contributed by atoms with Crippen molar-refractivity contribution in [3.8, 4) is 0 Å². The Hall–Kier alpha value is -1.07. The van der Waals surface area contributed by atoms with Crippen molar-refractivity contribution in [2.45, 2.75) is 31.9 Å². The highest BCUT2D eigenvalue weighted by Gasteiger charge is 2.21. The first-order chi connectivity index (χ1) is 13.2. The number of H-pyrrole nitrogens is 1. The summed E-state index contributed by atoms with van der Waals surface area (Å²) in [5.74, 6) is 2.44. The van der Waals surface area contributed by atoms with Crippen molar-refractivity contribution in [2.75, 3.05) is 18.6 Å². The van der Waals surface area contributed by atoms with Crippen molar-refractivity contribution in [1.29, 1.82) is 0 Å². The largest absolute Gasteiger partial charge is 0.361 e. The molecule has 1 N–H and O–H groups in total. The van der Waals surface area contributed by atoms with Crippen LogP contribution in [0.4, 0.5) is 0 Å². The Labute approximate surface area is 175 Å². The van der Waals surface area contributed by atoms with Gasteiger partial charge >= 0.3 is 0 Å². The molecule has 2 aromatic carbocycles. The predicted octanol–water partition coefficient (Wildman–Crippen LogP) is 7.20. The monoisotopic (exact) mass is 419 g/mol. The van der Waals surface area contributed by atoms with Crippen LogP contribution in [0.1, 0.15) is 41.5 Å². The molecule has 3 aromatic rings. The number of hydrogen-bond acceptors (Lipinski definition) is 3. The summed E-state index contributed by atoms with van der Waals surface area (Å²) in [6.07, 6.45) is 5.08. The Morgan fingerprint density at radius 3 is 2.78 bits per heavy atom. The predicted molar refractivity (Wildman–Crippen MR) is 122 cm³/mol. The van der Waals surface area contributed by atoms with Crippen molar-refractivity contribution in [3.63, 3.8) is 0 Å². The van der Waals surface area contributed by atoms with Gasteiger partial charge in [0.1, 0.15) is 0 Å². The summed E-state index contributed by atoms with van der Waals surface area (Å²) in [6, 6.07) is 12.8. The molecule has 1 heterocycles. The third kappa shape index (κ3) is 4.86. The number of para-hydroxylation sites is 1. The SMILES string of the molecule is CCSCc1cccc2c(C(CCOSC)c3ccc(Cl)cc3C)c[nH]c12. The molecule has 27 heavy (non-hydrogen) atoms. The van der Waals surface area contributed by atoms with Gasteiger partial charge in [-0.15, -0.1) is 0 Å². The molecule has 2 nitrogen and oxygen atoms in total. The van der Waals surface area contributed by atoms with Crippen LogP contribution in [0.3, 0.4) is 0 Å². The fraction of sp³-hybridized carbons (Fsp3) is 0.364. The number of thioether (sulfide) groups is 1. The molecule has 144 valence electrons. The van der Waals surface area contributed by atoms with E-state index in [-0.39, 0.29) is 5.92 Å². The summed E-state index contributed by atoms with van der Waals surface area (Å²) >= 11 is 9.58. The number of rotatable bonds is 9. The lowest BCUT2D eigenvalue weighted by atomic mass is 9.86. The summed E-state index contributed by atoms with van der Waals surface area (Å²) < 4.78 is 5.61. The fourth-order valence-electron chi connectivity index (χ4n) is 3.62.